The van der Waals surface area contributed by atoms with Crippen LogP contribution in [-0.2, 0) is 11.2 Å². The molecule has 100 valence electrons. The molecule has 0 aliphatic heterocycles. The van der Waals surface area contributed by atoms with E-state index in [0.717, 1.165) is 30.0 Å². The Kier molecular flexibility index (Phi) is 5.35. The number of nitrogens with two attached hydrogens (primary N) is 1. The summed E-state index contributed by atoms with van der Waals surface area (Å²) in [6, 6.07) is -0.0438. The van der Waals surface area contributed by atoms with E-state index in [9.17, 15) is 4.79 Å². The SMILES string of the molecule is CCCc1c(NC)ncnc1NC(C)CC(N)=O. The molecule has 1 unspecified atom stereocenters. The Bertz CT molecular complexity index is 407. The van der Waals surface area contributed by atoms with Gasteiger partial charge in [-0.05, 0) is 13.3 Å². The highest BCUT2D eigenvalue weighted by molar-refractivity contribution is 5.75. The van der Waals surface area contributed by atoms with Crippen LogP contribution in [0.1, 0.15) is 32.3 Å². The minimum atomic E-state index is -0.324. The summed E-state index contributed by atoms with van der Waals surface area (Å²) in [5.74, 6) is 1.26. The minimum Gasteiger partial charge on any atom is -0.373 e. The van der Waals surface area contributed by atoms with Gasteiger partial charge in [0.15, 0.2) is 0 Å². The molecule has 0 saturated carbocycles. The summed E-state index contributed by atoms with van der Waals surface area (Å²) in [5.41, 5.74) is 6.22. The normalized spacial score (nSPS) is 11.9. The van der Waals surface area contributed by atoms with Gasteiger partial charge in [-0.2, -0.15) is 0 Å². The number of primary amides is 1. The Labute approximate surface area is 107 Å². The number of carbonyl (C=O) groups is 1. The van der Waals surface area contributed by atoms with E-state index in [0.29, 0.717) is 0 Å². The van der Waals surface area contributed by atoms with E-state index in [4.69, 9.17) is 5.73 Å². The van der Waals surface area contributed by atoms with Gasteiger partial charge in [0.1, 0.15) is 18.0 Å². The lowest BCUT2D eigenvalue weighted by atomic mass is 10.1. The molecule has 0 aliphatic rings. The van der Waals surface area contributed by atoms with Crippen LogP contribution in [0.4, 0.5) is 11.6 Å². The number of nitrogens with zero attached hydrogens (tertiary/aromatic N) is 2. The van der Waals surface area contributed by atoms with E-state index in [1.807, 2.05) is 14.0 Å². The van der Waals surface area contributed by atoms with Gasteiger partial charge in [-0.1, -0.05) is 13.3 Å². The minimum absolute atomic E-state index is 0.0438. The maximum absolute atomic E-state index is 10.9. The lowest BCUT2D eigenvalue weighted by Gasteiger charge is -2.17. The summed E-state index contributed by atoms with van der Waals surface area (Å²) in [4.78, 5) is 19.3. The molecule has 1 heterocycles. The first-order valence-electron chi connectivity index (χ1n) is 6.14. The maximum Gasteiger partial charge on any atom is 0.219 e. The molecule has 1 aromatic rings. The zero-order valence-corrected chi connectivity index (χ0v) is 11.2. The molecule has 18 heavy (non-hydrogen) atoms. The first-order chi connectivity index (χ1) is 8.58. The Morgan fingerprint density at radius 1 is 1.44 bits per heavy atom. The molecular weight excluding hydrogens is 230 g/mol. The van der Waals surface area contributed by atoms with Crippen molar-refractivity contribution in [3.63, 3.8) is 0 Å². The number of nitrogens with one attached hydrogen (secondary N) is 2. The van der Waals surface area contributed by atoms with E-state index in [2.05, 4.69) is 27.5 Å². The molecule has 4 N–H and O–H groups in total. The van der Waals surface area contributed by atoms with Crippen LogP contribution in [-0.4, -0.2) is 29.0 Å². The zero-order chi connectivity index (χ0) is 13.5. The smallest absolute Gasteiger partial charge is 0.219 e. The van der Waals surface area contributed by atoms with E-state index in [1.165, 1.54) is 6.33 Å². The van der Waals surface area contributed by atoms with Crippen LogP contribution in [0.2, 0.25) is 0 Å². The first-order valence-corrected chi connectivity index (χ1v) is 6.14. The zero-order valence-electron chi connectivity index (χ0n) is 11.2. The number of aromatic nitrogens is 2. The maximum atomic E-state index is 10.9. The standard InChI is InChI=1S/C12H21N5O/c1-4-5-9-11(14-3)15-7-16-12(9)17-8(2)6-10(13)18/h7-8H,4-6H2,1-3H3,(H2,13,18)(H2,14,15,16,17). The van der Waals surface area contributed by atoms with Crippen molar-refractivity contribution in [3.8, 4) is 0 Å². The van der Waals surface area contributed by atoms with Gasteiger partial charge >= 0.3 is 0 Å². The third-order valence-corrected chi connectivity index (χ3v) is 2.57. The van der Waals surface area contributed by atoms with Crippen LogP contribution >= 0.6 is 0 Å². The van der Waals surface area contributed by atoms with Gasteiger partial charge in [0, 0.05) is 25.1 Å². The molecule has 0 saturated heterocycles. The number of hydrogen-bond acceptors (Lipinski definition) is 5. The van der Waals surface area contributed by atoms with Gasteiger partial charge in [0.25, 0.3) is 0 Å². The van der Waals surface area contributed by atoms with Gasteiger partial charge in [-0.15, -0.1) is 0 Å². The highest BCUT2D eigenvalue weighted by atomic mass is 16.1. The lowest BCUT2D eigenvalue weighted by Crippen LogP contribution is -2.25. The van der Waals surface area contributed by atoms with Crippen molar-refractivity contribution in [1.29, 1.82) is 0 Å². The second kappa shape index (κ2) is 6.78. The number of carbonyl (C=O) groups excluding carboxylic acids is 1. The number of rotatable bonds is 7. The van der Waals surface area contributed by atoms with Gasteiger partial charge in [-0.25, -0.2) is 9.97 Å². The fourth-order valence-electron chi connectivity index (χ4n) is 1.83. The monoisotopic (exact) mass is 251 g/mol. The van der Waals surface area contributed by atoms with Crippen molar-refractivity contribution in [2.24, 2.45) is 5.73 Å². The van der Waals surface area contributed by atoms with E-state index in [-0.39, 0.29) is 18.4 Å². The molecular formula is C12H21N5O. The van der Waals surface area contributed by atoms with Crippen LogP contribution in [0, 0.1) is 0 Å². The largest absolute Gasteiger partial charge is 0.373 e. The predicted molar refractivity (Wildman–Crippen MR) is 72.5 cm³/mol. The molecule has 6 heteroatoms. The van der Waals surface area contributed by atoms with Crippen LogP contribution in [0.5, 0.6) is 0 Å². The second-order valence-electron chi connectivity index (χ2n) is 4.27. The molecule has 0 radical (unpaired) electrons. The summed E-state index contributed by atoms with van der Waals surface area (Å²) < 4.78 is 0. The van der Waals surface area contributed by atoms with Crippen molar-refractivity contribution in [3.05, 3.63) is 11.9 Å². The average molecular weight is 251 g/mol. The Morgan fingerprint density at radius 3 is 2.67 bits per heavy atom. The molecule has 1 amide bonds. The van der Waals surface area contributed by atoms with E-state index >= 15 is 0 Å². The van der Waals surface area contributed by atoms with Crippen LogP contribution in [0.3, 0.4) is 0 Å². The molecule has 0 fully saturated rings. The molecule has 6 nitrogen and oxygen atoms in total. The summed E-state index contributed by atoms with van der Waals surface area (Å²) in [7, 11) is 1.83. The molecule has 1 rings (SSSR count). The molecule has 0 bridgehead atoms. The topological polar surface area (TPSA) is 92.9 Å². The molecule has 0 aromatic carbocycles. The number of amides is 1. The fraction of sp³-hybridized carbons (Fsp3) is 0.583. The number of hydrogen-bond donors (Lipinski definition) is 3. The summed E-state index contributed by atoms with van der Waals surface area (Å²) in [5, 5.41) is 6.26. The van der Waals surface area contributed by atoms with Crippen molar-refractivity contribution < 1.29 is 4.79 Å². The molecule has 0 spiro atoms. The number of anilines is 2. The van der Waals surface area contributed by atoms with Gasteiger partial charge in [0.05, 0.1) is 0 Å². The van der Waals surface area contributed by atoms with Crippen molar-refractivity contribution in [2.45, 2.75) is 39.2 Å². The quantitative estimate of drug-likeness (QED) is 0.676. The average Bonchev–Trinajstić information content (AvgIpc) is 2.30. The highest BCUT2D eigenvalue weighted by Crippen LogP contribution is 2.22. The van der Waals surface area contributed by atoms with E-state index in [1.54, 1.807) is 0 Å². The van der Waals surface area contributed by atoms with Crippen LogP contribution < -0.4 is 16.4 Å². The van der Waals surface area contributed by atoms with Crippen molar-refractivity contribution in [1.82, 2.24) is 9.97 Å². The Balaban J connectivity index is 2.89. The molecule has 1 atom stereocenters. The molecule has 1 aromatic heterocycles. The van der Waals surface area contributed by atoms with Gasteiger partial charge < -0.3 is 16.4 Å². The van der Waals surface area contributed by atoms with Gasteiger partial charge in [-0.3, -0.25) is 4.79 Å². The Hall–Kier alpha value is -1.85. The summed E-state index contributed by atoms with van der Waals surface area (Å²) >= 11 is 0. The third-order valence-electron chi connectivity index (χ3n) is 2.57. The fourth-order valence-corrected chi connectivity index (χ4v) is 1.83. The predicted octanol–water partition coefficient (Wildman–Crippen LogP) is 1.15. The van der Waals surface area contributed by atoms with Crippen LogP contribution in [0.15, 0.2) is 6.33 Å². The van der Waals surface area contributed by atoms with Gasteiger partial charge in [0.2, 0.25) is 5.91 Å². The lowest BCUT2D eigenvalue weighted by molar-refractivity contribution is -0.118. The second-order valence-corrected chi connectivity index (χ2v) is 4.27. The van der Waals surface area contributed by atoms with Crippen molar-refractivity contribution >= 4 is 17.5 Å². The van der Waals surface area contributed by atoms with Crippen molar-refractivity contribution in [2.75, 3.05) is 17.7 Å². The first kappa shape index (κ1) is 14.2. The molecule has 0 aliphatic carbocycles. The summed E-state index contributed by atoms with van der Waals surface area (Å²) in [6.07, 6.45) is 3.67. The van der Waals surface area contributed by atoms with Crippen LogP contribution in [0.25, 0.3) is 0 Å². The van der Waals surface area contributed by atoms with E-state index < -0.39 is 0 Å². The Morgan fingerprint density at radius 2 is 2.11 bits per heavy atom. The highest BCUT2D eigenvalue weighted by Gasteiger charge is 2.13. The third kappa shape index (κ3) is 3.87. The summed E-state index contributed by atoms with van der Waals surface area (Å²) in [6.45, 7) is 4.00.